The fourth-order valence-corrected chi connectivity index (χ4v) is 2.41. The average molecular weight is 384 g/mol. The van der Waals surface area contributed by atoms with Crippen molar-refractivity contribution in [3.63, 3.8) is 0 Å². The summed E-state index contributed by atoms with van der Waals surface area (Å²) < 4.78 is 10.2. The number of hydrogen-bond donors (Lipinski definition) is 1. The van der Waals surface area contributed by atoms with Gasteiger partial charge in [-0.3, -0.25) is 9.59 Å². The summed E-state index contributed by atoms with van der Waals surface area (Å²) in [5.74, 6) is -1.26. The van der Waals surface area contributed by atoms with Crippen LogP contribution in [0.4, 0.5) is 5.69 Å². The van der Waals surface area contributed by atoms with E-state index in [2.05, 4.69) is 5.32 Å². The lowest BCUT2D eigenvalue weighted by atomic mass is 10.1. The Morgan fingerprint density at radius 3 is 2.36 bits per heavy atom. The van der Waals surface area contributed by atoms with Crippen LogP contribution in [0.25, 0.3) is 0 Å². The Morgan fingerprint density at radius 2 is 1.64 bits per heavy atom. The third kappa shape index (κ3) is 6.42. The highest BCUT2D eigenvalue weighted by molar-refractivity contribution is 5.96. The smallest absolute Gasteiger partial charge is 0.340 e. The van der Waals surface area contributed by atoms with Crippen LogP contribution in [0.15, 0.2) is 54.6 Å². The molecule has 2 aromatic carbocycles. The summed E-state index contributed by atoms with van der Waals surface area (Å²) in [5.41, 5.74) is 1.70. The zero-order valence-corrected chi connectivity index (χ0v) is 16.0. The summed E-state index contributed by atoms with van der Waals surface area (Å²) in [6.45, 7) is 1.93. The van der Waals surface area contributed by atoms with Gasteiger partial charge in [0.05, 0.1) is 18.7 Å². The second-order valence-corrected chi connectivity index (χ2v) is 6.02. The Kier molecular flexibility index (Phi) is 8.02. The van der Waals surface area contributed by atoms with Crippen molar-refractivity contribution in [3.05, 3.63) is 65.7 Å². The van der Waals surface area contributed by atoms with Crippen LogP contribution in [-0.2, 0) is 25.7 Å². The number of carbonyl (C=O) groups is 3. The predicted molar refractivity (Wildman–Crippen MR) is 105 cm³/mol. The van der Waals surface area contributed by atoms with Gasteiger partial charge in [-0.05, 0) is 24.6 Å². The number of nitrogens with one attached hydrogen (secondary N) is 1. The van der Waals surface area contributed by atoms with Crippen LogP contribution in [0.2, 0.25) is 0 Å². The molecule has 2 rings (SSSR count). The number of hydrogen-bond acceptors (Lipinski definition) is 6. The molecule has 0 spiro atoms. The maximum absolute atomic E-state index is 12.4. The van der Waals surface area contributed by atoms with E-state index in [1.54, 1.807) is 31.2 Å². The number of likely N-dealkylation sites (N-methyl/N-ethyl adjacent to an activating group) is 1. The molecule has 148 valence electrons. The molecule has 0 fully saturated rings. The second-order valence-electron chi connectivity index (χ2n) is 6.02. The molecule has 1 amide bonds. The highest BCUT2D eigenvalue weighted by atomic mass is 16.5. The topological polar surface area (TPSA) is 84.9 Å². The average Bonchev–Trinajstić information content (AvgIpc) is 2.71. The van der Waals surface area contributed by atoms with Gasteiger partial charge >= 0.3 is 11.9 Å². The highest BCUT2D eigenvalue weighted by Crippen LogP contribution is 2.17. The molecule has 0 aliphatic carbocycles. The van der Waals surface area contributed by atoms with Crippen LogP contribution in [-0.4, -0.2) is 49.5 Å². The zero-order valence-electron chi connectivity index (χ0n) is 16.0. The van der Waals surface area contributed by atoms with Crippen molar-refractivity contribution in [2.24, 2.45) is 0 Å². The summed E-state index contributed by atoms with van der Waals surface area (Å²) in [4.78, 5) is 37.3. The number of carbonyl (C=O) groups excluding carboxylic acids is 3. The molecule has 7 heteroatoms. The van der Waals surface area contributed by atoms with Crippen molar-refractivity contribution < 1.29 is 23.9 Å². The van der Waals surface area contributed by atoms with Gasteiger partial charge in [-0.1, -0.05) is 42.5 Å². The summed E-state index contributed by atoms with van der Waals surface area (Å²) >= 11 is 0. The molecule has 0 aliphatic heterocycles. The number of nitrogens with zero attached hydrogens (tertiary/aromatic N) is 1. The van der Waals surface area contributed by atoms with E-state index in [0.29, 0.717) is 11.3 Å². The third-order valence-electron chi connectivity index (χ3n) is 3.89. The van der Waals surface area contributed by atoms with Crippen LogP contribution in [0.5, 0.6) is 0 Å². The maximum Gasteiger partial charge on any atom is 0.340 e. The molecule has 7 nitrogen and oxygen atoms in total. The Labute approximate surface area is 164 Å². The van der Waals surface area contributed by atoms with Crippen molar-refractivity contribution in [3.8, 4) is 0 Å². The molecule has 28 heavy (non-hydrogen) atoms. The molecule has 0 saturated heterocycles. The fourth-order valence-electron chi connectivity index (χ4n) is 2.41. The monoisotopic (exact) mass is 384 g/mol. The van der Waals surface area contributed by atoms with Crippen LogP contribution in [0.1, 0.15) is 22.8 Å². The van der Waals surface area contributed by atoms with Crippen molar-refractivity contribution in [1.29, 1.82) is 0 Å². The van der Waals surface area contributed by atoms with Crippen LogP contribution >= 0.6 is 0 Å². The van der Waals surface area contributed by atoms with Gasteiger partial charge in [0.2, 0.25) is 5.91 Å². The van der Waals surface area contributed by atoms with E-state index in [-0.39, 0.29) is 32.2 Å². The lowest BCUT2D eigenvalue weighted by Gasteiger charge is -2.17. The first-order valence-electron chi connectivity index (χ1n) is 8.94. The third-order valence-corrected chi connectivity index (χ3v) is 3.89. The number of anilines is 1. The standard InChI is InChI=1S/C21H24N2O5/c1-3-27-20(25)14-23(2)19(24)13-22-18-12-8-7-11-17(18)21(26)28-15-16-9-5-4-6-10-16/h4-12,22H,3,13-15H2,1-2H3. The minimum Gasteiger partial charge on any atom is -0.465 e. The molecule has 0 unspecified atom stereocenters. The highest BCUT2D eigenvalue weighted by Gasteiger charge is 2.16. The number of rotatable bonds is 9. The summed E-state index contributed by atoms with van der Waals surface area (Å²) in [6, 6.07) is 16.2. The molecular weight excluding hydrogens is 360 g/mol. The number of ether oxygens (including phenoxy) is 2. The van der Waals surface area contributed by atoms with Gasteiger partial charge in [0.25, 0.3) is 0 Å². The molecule has 0 atom stereocenters. The molecule has 2 aromatic rings. The quantitative estimate of drug-likeness (QED) is 0.669. The van der Waals surface area contributed by atoms with E-state index in [1.807, 2.05) is 30.3 Å². The lowest BCUT2D eigenvalue weighted by molar-refractivity contribution is -0.147. The van der Waals surface area contributed by atoms with Crippen molar-refractivity contribution in [1.82, 2.24) is 4.90 Å². The number of para-hydroxylation sites is 1. The first-order valence-corrected chi connectivity index (χ1v) is 8.94. The zero-order chi connectivity index (χ0) is 20.4. The van der Waals surface area contributed by atoms with Crippen molar-refractivity contribution in [2.75, 3.05) is 32.1 Å². The van der Waals surface area contributed by atoms with Gasteiger partial charge in [-0.25, -0.2) is 4.79 Å². The SMILES string of the molecule is CCOC(=O)CN(C)C(=O)CNc1ccccc1C(=O)OCc1ccccc1. The molecule has 1 N–H and O–H groups in total. The molecular formula is C21H24N2O5. The van der Waals surface area contributed by atoms with E-state index in [9.17, 15) is 14.4 Å². The van der Waals surface area contributed by atoms with Gasteiger partial charge < -0.3 is 19.7 Å². The Bertz CT molecular complexity index is 807. The first-order chi connectivity index (χ1) is 13.5. The van der Waals surface area contributed by atoms with E-state index < -0.39 is 11.9 Å². The van der Waals surface area contributed by atoms with E-state index in [0.717, 1.165) is 5.56 Å². The second kappa shape index (κ2) is 10.7. The van der Waals surface area contributed by atoms with Gasteiger partial charge in [0, 0.05) is 12.7 Å². The Hall–Kier alpha value is -3.35. The summed E-state index contributed by atoms with van der Waals surface area (Å²) in [6.07, 6.45) is 0. The van der Waals surface area contributed by atoms with Gasteiger partial charge in [-0.15, -0.1) is 0 Å². The van der Waals surface area contributed by atoms with Gasteiger partial charge in [0.1, 0.15) is 13.2 Å². The lowest BCUT2D eigenvalue weighted by Crippen LogP contribution is -2.36. The minimum absolute atomic E-state index is 0.0706. The molecule has 0 radical (unpaired) electrons. The maximum atomic E-state index is 12.4. The van der Waals surface area contributed by atoms with Gasteiger partial charge in [-0.2, -0.15) is 0 Å². The first kappa shape index (κ1) is 21.0. The molecule has 0 aliphatic rings. The number of esters is 2. The van der Waals surface area contributed by atoms with Crippen molar-refractivity contribution in [2.45, 2.75) is 13.5 Å². The number of amides is 1. The van der Waals surface area contributed by atoms with Gasteiger partial charge in [0.15, 0.2) is 0 Å². The minimum atomic E-state index is -0.487. The molecule has 0 heterocycles. The Morgan fingerprint density at radius 1 is 0.964 bits per heavy atom. The molecule has 0 saturated carbocycles. The number of benzene rings is 2. The van der Waals surface area contributed by atoms with Crippen LogP contribution in [0, 0.1) is 0 Å². The normalized spacial score (nSPS) is 10.1. The van der Waals surface area contributed by atoms with E-state index in [4.69, 9.17) is 9.47 Å². The van der Waals surface area contributed by atoms with Crippen LogP contribution < -0.4 is 5.32 Å². The Balaban J connectivity index is 1.93. The molecule has 0 aromatic heterocycles. The summed E-state index contributed by atoms with van der Waals surface area (Å²) in [7, 11) is 1.51. The van der Waals surface area contributed by atoms with E-state index in [1.165, 1.54) is 11.9 Å². The predicted octanol–water partition coefficient (Wildman–Crippen LogP) is 2.48. The largest absolute Gasteiger partial charge is 0.465 e. The fraction of sp³-hybridized carbons (Fsp3) is 0.286. The summed E-state index contributed by atoms with van der Waals surface area (Å²) in [5, 5.41) is 2.93. The van der Waals surface area contributed by atoms with Crippen LogP contribution in [0.3, 0.4) is 0 Å². The molecule has 0 bridgehead atoms. The van der Waals surface area contributed by atoms with E-state index >= 15 is 0 Å². The van der Waals surface area contributed by atoms with Crippen molar-refractivity contribution >= 4 is 23.5 Å².